The predicted molar refractivity (Wildman–Crippen MR) is 56.7 cm³/mol. The van der Waals surface area contributed by atoms with Crippen LogP contribution < -0.4 is 5.32 Å². The van der Waals surface area contributed by atoms with Crippen LogP contribution in [-0.2, 0) is 7.05 Å². The van der Waals surface area contributed by atoms with Crippen molar-refractivity contribution in [3.8, 4) is 11.4 Å². The maximum Gasteiger partial charge on any atom is 0.231 e. The van der Waals surface area contributed by atoms with E-state index in [2.05, 4.69) is 20.6 Å². The summed E-state index contributed by atoms with van der Waals surface area (Å²) in [7, 11) is 1.87. The summed E-state index contributed by atoms with van der Waals surface area (Å²) in [6.07, 6.45) is 4.68. The Balaban J connectivity index is 1.87. The van der Waals surface area contributed by atoms with Crippen LogP contribution in [0.5, 0.6) is 0 Å². The molecule has 3 rings (SSSR count). The van der Waals surface area contributed by atoms with E-state index in [4.69, 9.17) is 4.52 Å². The third kappa shape index (κ3) is 1.61. The van der Waals surface area contributed by atoms with Crippen LogP contribution in [0.1, 0.15) is 18.2 Å². The van der Waals surface area contributed by atoms with Gasteiger partial charge >= 0.3 is 0 Å². The van der Waals surface area contributed by atoms with Gasteiger partial charge in [-0.3, -0.25) is 4.68 Å². The van der Waals surface area contributed by atoms with E-state index in [0.29, 0.717) is 11.7 Å². The SMILES string of the molecule is Cn1cc(-c2noc(C3CCNC3)n2)cn1. The predicted octanol–water partition coefficient (Wildman–Crippen LogP) is 0.547. The highest BCUT2D eigenvalue weighted by Gasteiger charge is 2.23. The molecule has 1 atom stereocenters. The van der Waals surface area contributed by atoms with Crippen molar-refractivity contribution >= 4 is 0 Å². The molecule has 3 heterocycles. The Morgan fingerprint density at radius 2 is 2.50 bits per heavy atom. The molecule has 1 unspecified atom stereocenters. The van der Waals surface area contributed by atoms with Gasteiger partial charge in [-0.05, 0) is 13.0 Å². The second-order valence-corrected chi connectivity index (χ2v) is 4.05. The Labute approximate surface area is 92.6 Å². The van der Waals surface area contributed by atoms with E-state index < -0.39 is 0 Å². The lowest BCUT2D eigenvalue weighted by Gasteiger charge is -1.98. The molecule has 2 aromatic heterocycles. The van der Waals surface area contributed by atoms with Gasteiger partial charge in [0.15, 0.2) is 0 Å². The average molecular weight is 219 g/mol. The molecule has 0 amide bonds. The summed E-state index contributed by atoms with van der Waals surface area (Å²) >= 11 is 0. The lowest BCUT2D eigenvalue weighted by Crippen LogP contribution is -2.08. The first kappa shape index (κ1) is 9.53. The number of aromatic nitrogens is 4. The van der Waals surface area contributed by atoms with Crippen LogP contribution in [0.25, 0.3) is 11.4 Å². The van der Waals surface area contributed by atoms with Crippen LogP contribution >= 0.6 is 0 Å². The first-order valence-corrected chi connectivity index (χ1v) is 5.36. The topological polar surface area (TPSA) is 68.8 Å². The lowest BCUT2D eigenvalue weighted by atomic mass is 10.1. The third-order valence-electron chi connectivity index (χ3n) is 2.81. The van der Waals surface area contributed by atoms with Gasteiger partial charge in [-0.2, -0.15) is 10.1 Å². The van der Waals surface area contributed by atoms with Crippen LogP contribution in [0, 0.1) is 0 Å². The fourth-order valence-corrected chi connectivity index (χ4v) is 1.92. The number of hydrogen-bond acceptors (Lipinski definition) is 5. The summed E-state index contributed by atoms with van der Waals surface area (Å²) < 4.78 is 7.00. The maximum absolute atomic E-state index is 5.27. The van der Waals surface area contributed by atoms with E-state index in [0.717, 1.165) is 31.0 Å². The zero-order chi connectivity index (χ0) is 11.0. The fraction of sp³-hybridized carbons (Fsp3) is 0.500. The van der Waals surface area contributed by atoms with Crippen LogP contribution in [0.4, 0.5) is 0 Å². The van der Waals surface area contributed by atoms with Crippen LogP contribution in [0.15, 0.2) is 16.9 Å². The van der Waals surface area contributed by atoms with E-state index in [9.17, 15) is 0 Å². The molecular formula is C10H13N5O. The van der Waals surface area contributed by atoms with E-state index >= 15 is 0 Å². The van der Waals surface area contributed by atoms with Gasteiger partial charge < -0.3 is 9.84 Å². The second-order valence-electron chi connectivity index (χ2n) is 4.05. The number of nitrogens with zero attached hydrogens (tertiary/aromatic N) is 4. The van der Waals surface area contributed by atoms with Gasteiger partial charge in [0.05, 0.1) is 17.7 Å². The highest BCUT2D eigenvalue weighted by Crippen LogP contribution is 2.23. The Hall–Kier alpha value is -1.69. The average Bonchev–Trinajstić information content (AvgIpc) is 2.97. The Morgan fingerprint density at radius 1 is 1.56 bits per heavy atom. The first-order chi connectivity index (χ1) is 7.83. The number of aryl methyl sites for hydroxylation is 1. The lowest BCUT2D eigenvalue weighted by molar-refractivity contribution is 0.359. The molecule has 1 saturated heterocycles. The van der Waals surface area contributed by atoms with Crippen molar-refractivity contribution in [1.29, 1.82) is 0 Å². The maximum atomic E-state index is 5.27. The molecule has 1 fully saturated rings. The molecule has 1 N–H and O–H groups in total. The molecule has 1 aliphatic heterocycles. The van der Waals surface area contributed by atoms with Gasteiger partial charge in [0.2, 0.25) is 11.7 Å². The van der Waals surface area contributed by atoms with Gasteiger partial charge in [-0.15, -0.1) is 0 Å². The van der Waals surface area contributed by atoms with Crippen molar-refractivity contribution in [2.24, 2.45) is 7.05 Å². The third-order valence-corrected chi connectivity index (χ3v) is 2.81. The van der Waals surface area contributed by atoms with Crippen molar-refractivity contribution in [3.63, 3.8) is 0 Å². The number of nitrogens with one attached hydrogen (secondary N) is 1. The molecule has 0 aromatic carbocycles. The molecule has 84 valence electrons. The molecule has 0 aliphatic carbocycles. The fourth-order valence-electron chi connectivity index (χ4n) is 1.92. The molecule has 16 heavy (non-hydrogen) atoms. The Morgan fingerprint density at radius 3 is 3.19 bits per heavy atom. The first-order valence-electron chi connectivity index (χ1n) is 5.36. The zero-order valence-electron chi connectivity index (χ0n) is 9.05. The summed E-state index contributed by atoms with van der Waals surface area (Å²) in [5.74, 6) is 1.71. The highest BCUT2D eigenvalue weighted by molar-refractivity contribution is 5.51. The van der Waals surface area contributed by atoms with Crippen LogP contribution in [-0.4, -0.2) is 33.0 Å². The minimum atomic E-state index is 0.359. The van der Waals surface area contributed by atoms with Crippen molar-refractivity contribution < 1.29 is 4.52 Å². The summed E-state index contributed by atoms with van der Waals surface area (Å²) in [4.78, 5) is 4.40. The van der Waals surface area contributed by atoms with Crippen LogP contribution in [0.2, 0.25) is 0 Å². The molecule has 1 aliphatic rings. The monoisotopic (exact) mass is 219 g/mol. The van der Waals surface area contributed by atoms with Crippen molar-refractivity contribution in [2.75, 3.05) is 13.1 Å². The summed E-state index contributed by atoms with van der Waals surface area (Å²) in [6.45, 7) is 1.95. The summed E-state index contributed by atoms with van der Waals surface area (Å²) in [5, 5.41) is 11.3. The van der Waals surface area contributed by atoms with E-state index in [1.165, 1.54) is 0 Å². The zero-order valence-corrected chi connectivity index (χ0v) is 9.05. The summed E-state index contributed by atoms with van der Waals surface area (Å²) in [6, 6.07) is 0. The normalized spacial score (nSPS) is 20.4. The molecule has 0 radical (unpaired) electrons. The number of hydrogen-bond donors (Lipinski definition) is 1. The molecule has 6 nitrogen and oxygen atoms in total. The molecule has 6 heteroatoms. The van der Waals surface area contributed by atoms with Crippen LogP contribution in [0.3, 0.4) is 0 Å². The minimum absolute atomic E-state index is 0.359. The van der Waals surface area contributed by atoms with E-state index in [1.54, 1.807) is 10.9 Å². The van der Waals surface area contributed by atoms with Gasteiger partial charge in [0.25, 0.3) is 0 Å². The quantitative estimate of drug-likeness (QED) is 0.798. The number of rotatable bonds is 2. The second kappa shape index (κ2) is 3.71. The van der Waals surface area contributed by atoms with E-state index in [-0.39, 0.29) is 0 Å². The molecular weight excluding hydrogens is 206 g/mol. The van der Waals surface area contributed by atoms with Gasteiger partial charge in [0, 0.05) is 19.8 Å². The Kier molecular flexibility index (Phi) is 2.21. The minimum Gasteiger partial charge on any atom is -0.339 e. The van der Waals surface area contributed by atoms with Gasteiger partial charge in [0.1, 0.15) is 0 Å². The van der Waals surface area contributed by atoms with Crippen molar-refractivity contribution in [2.45, 2.75) is 12.3 Å². The smallest absolute Gasteiger partial charge is 0.231 e. The van der Waals surface area contributed by atoms with Crippen molar-refractivity contribution in [1.82, 2.24) is 25.2 Å². The largest absolute Gasteiger partial charge is 0.339 e. The van der Waals surface area contributed by atoms with Crippen molar-refractivity contribution in [3.05, 3.63) is 18.3 Å². The Bertz CT molecular complexity index is 483. The highest BCUT2D eigenvalue weighted by atomic mass is 16.5. The molecule has 2 aromatic rings. The van der Waals surface area contributed by atoms with E-state index in [1.807, 2.05) is 13.2 Å². The molecule has 0 saturated carbocycles. The summed E-state index contributed by atoms with van der Waals surface area (Å²) in [5.41, 5.74) is 0.892. The van der Waals surface area contributed by atoms with Gasteiger partial charge in [-0.1, -0.05) is 5.16 Å². The molecule has 0 bridgehead atoms. The standard InChI is InChI=1S/C10H13N5O/c1-15-6-8(5-12-15)9-13-10(16-14-9)7-2-3-11-4-7/h5-7,11H,2-4H2,1H3. The van der Waals surface area contributed by atoms with Gasteiger partial charge in [-0.25, -0.2) is 0 Å². The molecule has 0 spiro atoms.